The van der Waals surface area contributed by atoms with Crippen LogP contribution in [-0.4, -0.2) is 17.1 Å². The number of aromatic nitrogens is 2. The van der Waals surface area contributed by atoms with Crippen molar-refractivity contribution in [2.45, 2.75) is 6.61 Å². The van der Waals surface area contributed by atoms with Gasteiger partial charge in [-0.3, -0.25) is 0 Å². The summed E-state index contributed by atoms with van der Waals surface area (Å²) in [5, 5.41) is 12.2. The Balaban J connectivity index is 1.39. The maximum Gasteiger partial charge on any atom is 0.149 e. The highest BCUT2D eigenvalue weighted by molar-refractivity contribution is 14.1. The van der Waals surface area contributed by atoms with Gasteiger partial charge in [-0.2, -0.15) is 5.26 Å². The summed E-state index contributed by atoms with van der Waals surface area (Å²) in [7, 11) is 1.62. The predicted octanol–water partition coefficient (Wildman–Crippen LogP) is 7.58. The van der Waals surface area contributed by atoms with E-state index in [0.717, 1.165) is 40.8 Å². The molecule has 0 unspecified atom stereocenters. The molecule has 0 saturated carbocycles. The maximum atomic E-state index is 9.81. The number of hydrogen-bond acceptors (Lipinski definition) is 4. The number of halogens is 2. The first kappa shape index (κ1) is 23.6. The average Bonchev–Trinajstić information content (AvgIpc) is 3.29. The van der Waals surface area contributed by atoms with E-state index in [9.17, 15) is 5.26 Å². The van der Waals surface area contributed by atoms with Gasteiger partial charge in [0, 0.05) is 6.07 Å². The molecule has 5 aromatic rings. The number of benzene rings is 4. The Bertz CT molecular complexity index is 1610. The molecule has 0 radical (unpaired) electrons. The van der Waals surface area contributed by atoms with E-state index in [1.165, 1.54) is 10.8 Å². The van der Waals surface area contributed by atoms with Crippen molar-refractivity contribution in [3.8, 4) is 17.6 Å². The molecule has 0 saturated heterocycles. The number of methoxy groups -OCH3 is 1. The molecule has 0 amide bonds. The summed E-state index contributed by atoms with van der Waals surface area (Å²) >= 11 is 4.56. The molecule has 1 N–H and O–H groups in total. The monoisotopic (exact) mass is 683 g/mol. The zero-order valence-electron chi connectivity index (χ0n) is 18.7. The molecule has 0 fully saturated rings. The first-order chi connectivity index (χ1) is 17.0. The number of hydrogen-bond donors (Lipinski definition) is 1. The van der Waals surface area contributed by atoms with E-state index in [-0.39, 0.29) is 0 Å². The Hall–Kier alpha value is -3.10. The summed E-state index contributed by atoms with van der Waals surface area (Å²) in [6, 6.07) is 26.6. The Morgan fingerprint density at radius 2 is 1.77 bits per heavy atom. The number of rotatable bonds is 6. The third kappa shape index (κ3) is 5.13. The second-order valence-corrected chi connectivity index (χ2v) is 10.2. The minimum Gasteiger partial charge on any atom is -0.497 e. The van der Waals surface area contributed by atoms with E-state index >= 15 is 0 Å². The van der Waals surface area contributed by atoms with Gasteiger partial charge >= 0.3 is 0 Å². The Morgan fingerprint density at radius 3 is 2.51 bits per heavy atom. The molecule has 35 heavy (non-hydrogen) atoms. The van der Waals surface area contributed by atoms with Crippen LogP contribution in [0.15, 0.2) is 72.8 Å². The number of allylic oxidation sites excluding steroid dienone is 1. The summed E-state index contributed by atoms with van der Waals surface area (Å²) in [6.45, 7) is 0.484. The van der Waals surface area contributed by atoms with Crippen molar-refractivity contribution < 1.29 is 9.47 Å². The smallest absolute Gasteiger partial charge is 0.149 e. The fourth-order valence-electron chi connectivity index (χ4n) is 3.85. The van der Waals surface area contributed by atoms with Gasteiger partial charge in [0.25, 0.3) is 0 Å². The Morgan fingerprint density at radius 1 is 1.00 bits per heavy atom. The van der Waals surface area contributed by atoms with Crippen molar-refractivity contribution in [3.05, 3.63) is 96.9 Å². The number of imidazole rings is 1. The molecule has 0 bridgehead atoms. The third-order valence-corrected chi connectivity index (χ3v) is 7.20. The van der Waals surface area contributed by atoms with Crippen LogP contribution < -0.4 is 9.47 Å². The number of nitriles is 1. The minimum atomic E-state index is 0.455. The highest BCUT2D eigenvalue weighted by Crippen LogP contribution is 2.32. The van der Waals surface area contributed by atoms with Gasteiger partial charge in [0.05, 0.1) is 30.9 Å². The summed E-state index contributed by atoms with van der Waals surface area (Å²) in [4.78, 5) is 7.80. The van der Waals surface area contributed by atoms with E-state index in [4.69, 9.17) is 9.47 Å². The second-order valence-electron chi connectivity index (χ2n) is 7.92. The van der Waals surface area contributed by atoms with Crippen molar-refractivity contribution in [1.29, 1.82) is 5.26 Å². The molecule has 0 spiro atoms. The molecule has 5 rings (SSSR count). The molecule has 1 heterocycles. The predicted molar refractivity (Wildman–Crippen MR) is 156 cm³/mol. The molecular weight excluding hydrogens is 664 g/mol. The average molecular weight is 683 g/mol. The number of ether oxygens (including phenoxy) is 2. The van der Waals surface area contributed by atoms with Gasteiger partial charge < -0.3 is 14.5 Å². The van der Waals surface area contributed by atoms with Crippen LogP contribution in [-0.2, 0) is 6.61 Å². The van der Waals surface area contributed by atoms with Crippen LogP contribution in [0.25, 0.3) is 33.5 Å². The molecular formula is C28H19I2N3O2. The minimum absolute atomic E-state index is 0.455. The van der Waals surface area contributed by atoms with Crippen LogP contribution in [0.2, 0.25) is 0 Å². The second kappa shape index (κ2) is 10.3. The van der Waals surface area contributed by atoms with Crippen molar-refractivity contribution in [2.75, 3.05) is 7.11 Å². The lowest BCUT2D eigenvalue weighted by atomic mass is 10.1. The van der Waals surface area contributed by atoms with Gasteiger partial charge in [0.15, 0.2) is 0 Å². The fraction of sp³-hybridized carbons (Fsp3) is 0.0714. The molecule has 0 aliphatic heterocycles. The van der Waals surface area contributed by atoms with E-state index in [2.05, 4.69) is 91.6 Å². The summed E-state index contributed by atoms with van der Waals surface area (Å²) in [6.07, 6.45) is 1.84. The Kier molecular flexibility index (Phi) is 6.92. The van der Waals surface area contributed by atoms with Gasteiger partial charge in [-0.15, -0.1) is 0 Å². The molecule has 4 aromatic carbocycles. The SMILES string of the molecule is COc1ccc2nc(/C(C#N)=C\c3cc(I)c(OCc4ccc5ccccc5c4)c(I)c3)[nH]c2c1. The lowest BCUT2D eigenvalue weighted by Crippen LogP contribution is -1.99. The first-order valence-electron chi connectivity index (χ1n) is 10.8. The molecule has 1 aromatic heterocycles. The van der Waals surface area contributed by atoms with Crippen molar-refractivity contribution in [1.82, 2.24) is 9.97 Å². The van der Waals surface area contributed by atoms with Gasteiger partial charge in [0.1, 0.15) is 30.0 Å². The summed E-state index contributed by atoms with van der Waals surface area (Å²) in [5.41, 5.74) is 4.08. The normalized spacial score (nSPS) is 11.5. The first-order valence-corrected chi connectivity index (χ1v) is 13.0. The fourth-order valence-corrected chi connectivity index (χ4v) is 5.98. The van der Waals surface area contributed by atoms with Gasteiger partial charge in [-0.05, 0) is 103 Å². The van der Waals surface area contributed by atoms with Crippen LogP contribution in [0.4, 0.5) is 0 Å². The van der Waals surface area contributed by atoms with Crippen molar-refractivity contribution in [2.24, 2.45) is 0 Å². The van der Waals surface area contributed by atoms with Gasteiger partial charge in [-0.25, -0.2) is 4.98 Å². The maximum absolute atomic E-state index is 9.81. The van der Waals surface area contributed by atoms with Crippen LogP contribution in [0.3, 0.4) is 0 Å². The van der Waals surface area contributed by atoms with E-state index < -0.39 is 0 Å². The molecule has 172 valence electrons. The lowest BCUT2D eigenvalue weighted by molar-refractivity contribution is 0.302. The quantitative estimate of drug-likeness (QED) is 0.148. The standard InChI is InChI=1S/C28H19I2N3O2/c1-34-22-8-9-25-26(14-22)33-28(32-25)21(15-31)11-18-12-23(29)27(24(30)13-18)35-16-17-6-7-19-4-2-3-5-20(19)10-17/h2-14H,16H2,1H3,(H,32,33)/b21-11-. The largest absolute Gasteiger partial charge is 0.497 e. The van der Waals surface area contributed by atoms with Gasteiger partial charge in [-0.1, -0.05) is 36.4 Å². The molecule has 0 aliphatic rings. The van der Waals surface area contributed by atoms with Gasteiger partial charge in [0.2, 0.25) is 0 Å². The zero-order chi connectivity index (χ0) is 24.4. The topological polar surface area (TPSA) is 70.9 Å². The highest BCUT2D eigenvalue weighted by atomic mass is 127. The summed E-state index contributed by atoms with van der Waals surface area (Å²) in [5.74, 6) is 2.10. The number of nitrogens with zero attached hydrogens (tertiary/aromatic N) is 2. The highest BCUT2D eigenvalue weighted by Gasteiger charge is 2.12. The van der Waals surface area contributed by atoms with Crippen LogP contribution in [0, 0.1) is 18.5 Å². The van der Waals surface area contributed by atoms with Crippen LogP contribution in [0.5, 0.6) is 11.5 Å². The van der Waals surface area contributed by atoms with E-state index in [1.807, 2.05) is 48.5 Å². The van der Waals surface area contributed by atoms with E-state index in [0.29, 0.717) is 18.0 Å². The molecule has 0 atom stereocenters. The third-order valence-electron chi connectivity index (χ3n) is 5.59. The number of nitrogens with one attached hydrogen (secondary N) is 1. The number of aromatic amines is 1. The summed E-state index contributed by atoms with van der Waals surface area (Å²) < 4.78 is 13.4. The van der Waals surface area contributed by atoms with Crippen LogP contribution in [0.1, 0.15) is 17.0 Å². The molecule has 5 nitrogen and oxygen atoms in total. The lowest BCUT2D eigenvalue weighted by Gasteiger charge is -2.12. The number of fused-ring (bicyclic) bond motifs is 2. The van der Waals surface area contributed by atoms with Crippen molar-refractivity contribution >= 4 is 78.6 Å². The van der Waals surface area contributed by atoms with Crippen LogP contribution >= 0.6 is 45.2 Å². The number of H-pyrrole nitrogens is 1. The Labute approximate surface area is 230 Å². The van der Waals surface area contributed by atoms with E-state index in [1.54, 1.807) is 7.11 Å². The molecule has 7 heteroatoms. The van der Waals surface area contributed by atoms with Crippen molar-refractivity contribution in [3.63, 3.8) is 0 Å². The molecule has 0 aliphatic carbocycles. The zero-order valence-corrected chi connectivity index (χ0v) is 23.0.